The minimum absolute atomic E-state index is 0.183. The number of H-pyrrole nitrogens is 1. The molecule has 0 spiro atoms. The number of ether oxygens (including phenoxy) is 1. The molecular weight excluding hydrogens is 294 g/mol. The fraction of sp³-hybridized carbons (Fsp3) is 0.412. The minimum Gasteiger partial charge on any atom is -0.490 e. The highest BCUT2D eigenvalue weighted by atomic mass is 16.5. The van der Waals surface area contributed by atoms with Crippen LogP contribution in [0.15, 0.2) is 30.5 Å². The molecule has 0 radical (unpaired) electrons. The van der Waals surface area contributed by atoms with Gasteiger partial charge in [-0.15, -0.1) is 0 Å². The van der Waals surface area contributed by atoms with Gasteiger partial charge in [-0.05, 0) is 37.5 Å². The van der Waals surface area contributed by atoms with Crippen molar-refractivity contribution >= 4 is 5.97 Å². The van der Waals surface area contributed by atoms with E-state index in [1.165, 1.54) is 5.56 Å². The van der Waals surface area contributed by atoms with Crippen LogP contribution in [0.2, 0.25) is 0 Å². The Balaban J connectivity index is 1.52. The molecule has 1 aliphatic heterocycles. The van der Waals surface area contributed by atoms with Gasteiger partial charge in [0.1, 0.15) is 17.5 Å². The lowest BCUT2D eigenvalue weighted by Gasteiger charge is -2.32. The molecule has 122 valence electrons. The predicted octanol–water partition coefficient (Wildman–Crippen LogP) is 2.46. The Morgan fingerprint density at radius 2 is 2.22 bits per heavy atom. The SMILES string of the molecule is Cc1cccc(OC2CCN(Cc3cn[nH]c3C(=O)O)CC2)c1. The Morgan fingerprint density at radius 1 is 1.43 bits per heavy atom. The number of rotatable bonds is 5. The van der Waals surface area contributed by atoms with Crippen LogP contribution in [0.4, 0.5) is 0 Å². The van der Waals surface area contributed by atoms with E-state index in [9.17, 15) is 4.79 Å². The summed E-state index contributed by atoms with van der Waals surface area (Å²) in [5, 5.41) is 15.5. The van der Waals surface area contributed by atoms with E-state index in [-0.39, 0.29) is 11.8 Å². The number of hydrogen-bond acceptors (Lipinski definition) is 4. The van der Waals surface area contributed by atoms with E-state index in [0.717, 1.165) is 37.2 Å². The maximum atomic E-state index is 11.1. The van der Waals surface area contributed by atoms with Crippen molar-refractivity contribution in [3.05, 3.63) is 47.3 Å². The number of piperidine rings is 1. The van der Waals surface area contributed by atoms with Gasteiger partial charge in [0.2, 0.25) is 0 Å². The van der Waals surface area contributed by atoms with Crippen LogP contribution in [0.5, 0.6) is 5.75 Å². The molecule has 3 rings (SSSR count). The third-order valence-electron chi connectivity index (χ3n) is 4.15. The van der Waals surface area contributed by atoms with Crippen LogP contribution in [-0.4, -0.2) is 45.4 Å². The number of likely N-dealkylation sites (tertiary alicyclic amines) is 1. The summed E-state index contributed by atoms with van der Waals surface area (Å²) in [7, 11) is 0. The molecule has 6 heteroatoms. The lowest BCUT2D eigenvalue weighted by atomic mass is 10.1. The van der Waals surface area contributed by atoms with E-state index in [1.807, 2.05) is 12.1 Å². The highest BCUT2D eigenvalue weighted by Gasteiger charge is 2.22. The van der Waals surface area contributed by atoms with Crippen molar-refractivity contribution in [1.82, 2.24) is 15.1 Å². The molecule has 1 fully saturated rings. The van der Waals surface area contributed by atoms with Gasteiger partial charge in [-0.2, -0.15) is 5.10 Å². The zero-order valence-electron chi connectivity index (χ0n) is 13.2. The van der Waals surface area contributed by atoms with Crippen molar-refractivity contribution in [2.45, 2.75) is 32.4 Å². The van der Waals surface area contributed by atoms with Crippen LogP contribution >= 0.6 is 0 Å². The van der Waals surface area contributed by atoms with Crippen molar-refractivity contribution in [3.8, 4) is 5.75 Å². The first-order valence-corrected chi connectivity index (χ1v) is 7.83. The number of carboxylic acids is 1. The molecule has 0 aliphatic carbocycles. The molecule has 1 aromatic carbocycles. The van der Waals surface area contributed by atoms with E-state index in [2.05, 4.69) is 34.2 Å². The molecule has 2 N–H and O–H groups in total. The number of nitrogens with zero attached hydrogens (tertiary/aromatic N) is 2. The summed E-state index contributed by atoms with van der Waals surface area (Å²) in [6.45, 7) is 4.44. The summed E-state index contributed by atoms with van der Waals surface area (Å²) in [4.78, 5) is 13.3. The molecule has 0 saturated carbocycles. The lowest BCUT2D eigenvalue weighted by Crippen LogP contribution is -2.38. The Bertz CT molecular complexity index is 675. The van der Waals surface area contributed by atoms with Crippen LogP contribution in [0, 0.1) is 6.92 Å². The molecule has 1 saturated heterocycles. The molecule has 0 atom stereocenters. The molecule has 1 aromatic heterocycles. The molecule has 6 nitrogen and oxygen atoms in total. The topological polar surface area (TPSA) is 78.5 Å². The van der Waals surface area contributed by atoms with E-state index in [0.29, 0.717) is 6.54 Å². The number of nitrogens with one attached hydrogen (secondary N) is 1. The molecule has 0 bridgehead atoms. The van der Waals surface area contributed by atoms with E-state index in [1.54, 1.807) is 6.20 Å². The number of aryl methyl sites for hydroxylation is 1. The average molecular weight is 315 g/mol. The highest BCUT2D eigenvalue weighted by Crippen LogP contribution is 2.21. The summed E-state index contributed by atoms with van der Waals surface area (Å²) in [5.74, 6) is -0.0402. The molecule has 0 unspecified atom stereocenters. The quantitative estimate of drug-likeness (QED) is 0.886. The van der Waals surface area contributed by atoms with Crippen molar-refractivity contribution in [3.63, 3.8) is 0 Å². The monoisotopic (exact) mass is 315 g/mol. The van der Waals surface area contributed by atoms with Gasteiger partial charge in [-0.1, -0.05) is 12.1 Å². The van der Waals surface area contributed by atoms with Crippen LogP contribution in [0.1, 0.15) is 34.5 Å². The second kappa shape index (κ2) is 6.83. The second-order valence-electron chi connectivity index (χ2n) is 5.99. The van der Waals surface area contributed by atoms with Gasteiger partial charge >= 0.3 is 5.97 Å². The molecule has 2 aromatic rings. The summed E-state index contributed by atoms with van der Waals surface area (Å²) in [6, 6.07) is 8.10. The molecule has 1 aliphatic rings. The zero-order chi connectivity index (χ0) is 16.2. The summed E-state index contributed by atoms with van der Waals surface area (Å²) in [6.07, 6.45) is 3.69. The van der Waals surface area contributed by atoms with Gasteiger partial charge in [0.05, 0.1) is 6.20 Å². The summed E-state index contributed by atoms with van der Waals surface area (Å²) in [5.41, 5.74) is 2.11. The van der Waals surface area contributed by atoms with Crippen molar-refractivity contribution in [1.29, 1.82) is 0 Å². The Morgan fingerprint density at radius 3 is 2.91 bits per heavy atom. The molecule has 2 heterocycles. The summed E-state index contributed by atoms with van der Waals surface area (Å²) < 4.78 is 6.04. The second-order valence-corrected chi connectivity index (χ2v) is 5.99. The van der Waals surface area contributed by atoms with Crippen LogP contribution < -0.4 is 4.74 Å². The Hall–Kier alpha value is -2.34. The Kier molecular flexibility index (Phi) is 4.62. The number of hydrogen-bond donors (Lipinski definition) is 2. The lowest BCUT2D eigenvalue weighted by molar-refractivity contribution is 0.0684. The standard InChI is InChI=1S/C17H21N3O3/c1-12-3-2-4-15(9-12)23-14-5-7-20(8-6-14)11-13-10-18-19-16(13)17(21)22/h2-4,9-10,14H,5-8,11H2,1H3,(H,18,19)(H,21,22). The van der Waals surface area contributed by atoms with Gasteiger partial charge in [0, 0.05) is 25.2 Å². The van der Waals surface area contributed by atoms with E-state index in [4.69, 9.17) is 9.84 Å². The number of aromatic nitrogens is 2. The molecular formula is C17H21N3O3. The number of benzene rings is 1. The number of carbonyl (C=O) groups is 1. The van der Waals surface area contributed by atoms with Gasteiger partial charge in [0.25, 0.3) is 0 Å². The van der Waals surface area contributed by atoms with E-state index < -0.39 is 5.97 Å². The van der Waals surface area contributed by atoms with Crippen molar-refractivity contribution < 1.29 is 14.6 Å². The normalized spacial score (nSPS) is 16.4. The highest BCUT2D eigenvalue weighted by molar-refractivity contribution is 5.86. The number of carboxylic acid groups (broad SMARTS) is 1. The van der Waals surface area contributed by atoms with Gasteiger partial charge in [-0.25, -0.2) is 4.79 Å². The minimum atomic E-state index is -0.963. The average Bonchev–Trinajstić information content (AvgIpc) is 2.98. The van der Waals surface area contributed by atoms with Gasteiger partial charge < -0.3 is 9.84 Å². The number of aromatic amines is 1. The first-order chi connectivity index (χ1) is 11.1. The third kappa shape index (κ3) is 3.90. The smallest absolute Gasteiger partial charge is 0.354 e. The Labute approximate surface area is 135 Å². The first kappa shape index (κ1) is 15.6. The van der Waals surface area contributed by atoms with Gasteiger partial charge in [-0.3, -0.25) is 10.00 Å². The van der Waals surface area contributed by atoms with Gasteiger partial charge in [0.15, 0.2) is 0 Å². The summed E-state index contributed by atoms with van der Waals surface area (Å²) >= 11 is 0. The third-order valence-corrected chi connectivity index (χ3v) is 4.15. The van der Waals surface area contributed by atoms with Crippen LogP contribution in [-0.2, 0) is 6.54 Å². The fourth-order valence-corrected chi connectivity index (χ4v) is 2.92. The van der Waals surface area contributed by atoms with Crippen molar-refractivity contribution in [2.24, 2.45) is 0 Å². The number of aromatic carboxylic acids is 1. The van der Waals surface area contributed by atoms with Crippen LogP contribution in [0.3, 0.4) is 0 Å². The van der Waals surface area contributed by atoms with Crippen molar-refractivity contribution in [2.75, 3.05) is 13.1 Å². The van der Waals surface area contributed by atoms with E-state index >= 15 is 0 Å². The zero-order valence-corrected chi connectivity index (χ0v) is 13.2. The predicted molar refractivity (Wildman–Crippen MR) is 85.7 cm³/mol. The van der Waals surface area contributed by atoms with Crippen LogP contribution in [0.25, 0.3) is 0 Å². The molecule has 0 amide bonds. The fourth-order valence-electron chi connectivity index (χ4n) is 2.92. The maximum absolute atomic E-state index is 11.1. The maximum Gasteiger partial charge on any atom is 0.354 e. The largest absolute Gasteiger partial charge is 0.490 e. The first-order valence-electron chi connectivity index (χ1n) is 7.83. The molecule has 23 heavy (non-hydrogen) atoms.